The van der Waals surface area contributed by atoms with Crippen LogP contribution in [0.5, 0.6) is 0 Å². The molecule has 0 bridgehead atoms. The maximum atomic E-state index is 14.6. The molecule has 11 heteroatoms. The molecule has 3 rings (SSSR count). The van der Waals surface area contributed by atoms with E-state index in [0.717, 1.165) is 6.92 Å². The smallest absolute Gasteiger partial charge is 0.379 e. The lowest BCUT2D eigenvalue weighted by Crippen LogP contribution is -2.34. The van der Waals surface area contributed by atoms with Gasteiger partial charge in [0.1, 0.15) is 29.2 Å². The van der Waals surface area contributed by atoms with Crippen molar-refractivity contribution in [1.29, 1.82) is 0 Å². The van der Waals surface area contributed by atoms with Gasteiger partial charge < -0.3 is 16.0 Å². The number of benzene rings is 1. The van der Waals surface area contributed by atoms with Crippen molar-refractivity contribution in [2.45, 2.75) is 19.1 Å². The number of pyridine rings is 1. The van der Waals surface area contributed by atoms with E-state index in [9.17, 15) is 30.7 Å². The van der Waals surface area contributed by atoms with Gasteiger partial charge in [-0.25, -0.2) is 13.2 Å². The van der Waals surface area contributed by atoms with Crippen molar-refractivity contribution < 1.29 is 30.7 Å². The molecule has 0 saturated carbocycles. The van der Waals surface area contributed by atoms with Crippen LogP contribution in [0.3, 0.4) is 0 Å². The number of aromatic nitrogens is 1. The lowest BCUT2D eigenvalue weighted by Gasteiger charge is -2.27. The molecule has 0 radical (unpaired) electrons. The molecule has 27 heavy (non-hydrogen) atoms. The average Bonchev–Trinajstić information content (AvgIpc) is 2.55. The van der Waals surface area contributed by atoms with Crippen LogP contribution >= 0.6 is 0 Å². The summed E-state index contributed by atoms with van der Waals surface area (Å²) in [5, 5.41) is 7.48. The first-order valence-electron chi connectivity index (χ1n) is 7.79. The zero-order valence-electron chi connectivity index (χ0n) is 13.7. The Labute approximate surface area is 148 Å². The summed E-state index contributed by atoms with van der Waals surface area (Å²) in [6.07, 6.45) is -4.72. The molecule has 146 valence electrons. The van der Waals surface area contributed by atoms with Gasteiger partial charge in [0.2, 0.25) is 5.95 Å². The highest BCUT2D eigenvalue weighted by molar-refractivity contribution is 5.93. The third-order valence-electron chi connectivity index (χ3n) is 3.98. The van der Waals surface area contributed by atoms with E-state index < -0.39 is 52.4 Å². The second-order valence-corrected chi connectivity index (χ2v) is 5.88. The van der Waals surface area contributed by atoms with Crippen LogP contribution in [0.2, 0.25) is 0 Å². The van der Waals surface area contributed by atoms with Gasteiger partial charge in [0.15, 0.2) is 5.82 Å². The van der Waals surface area contributed by atoms with E-state index in [-0.39, 0.29) is 18.1 Å². The summed E-state index contributed by atoms with van der Waals surface area (Å²) < 4.78 is 95.2. The molecule has 4 nitrogen and oxygen atoms in total. The van der Waals surface area contributed by atoms with Crippen molar-refractivity contribution in [2.75, 3.05) is 29.0 Å². The number of alkyl halides is 3. The molecule has 3 N–H and O–H groups in total. The van der Waals surface area contributed by atoms with E-state index in [0.29, 0.717) is 18.7 Å². The van der Waals surface area contributed by atoms with Crippen LogP contribution in [0.1, 0.15) is 6.92 Å². The average molecular weight is 394 g/mol. The maximum absolute atomic E-state index is 14.6. The standard InChI is InChI=1S/C16H13F7N4/c1-6(16(21,22)23)26-12-11(10-8(18)4-7(17)5-9(10)19)14(20)27-15-13(12)24-2-3-25-15/h4-6,24H,2-3H2,1H3,(H2,25,26,27). The first-order valence-corrected chi connectivity index (χ1v) is 7.79. The molecular formula is C16H13F7N4. The predicted octanol–water partition coefficient (Wildman–Crippen LogP) is 4.51. The van der Waals surface area contributed by atoms with Crippen LogP contribution in [0.15, 0.2) is 12.1 Å². The molecule has 0 spiro atoms. The minimum atomic E-state index is -4.72. The van der Waals surface area contributed by atoms with E-state index in [4.69, 9.17) is 0 Å². The van der Waals surface area contributed by atoms with Gasteiger partial charge in [0, 0.05) is 25.2 Å². The van der Waals surface area contributed by atoms with Gasteiger partial charge in [-0.1, -0.05) is 0 Å². The summed E-state index contributed by atoms with van der Waals surface area (Å²) in [6.45, 7) is 1.33. The molecule has 1 aromatic heterocycles. The molecule has 1 aliphatic heterocycles. The van der Waals surface area contributed by atoms with Crippen molar-refractivity contribution in [1.82, 2.24) is 4.98 Å². The highest BCUT2D eigenvalue weighted by Crippen LogP contribution is 2.44. The minimum Gasteiger partial charge on any atom is -0.379 e. The van der Waals surface area contributed by atoms with Gasteiger partial charge >= 0.3 is 6.18 Å². The van der Waals surface area contributed by atoms with E-state index in [1.165, 1.54) is 0 Å². The molecule has 0 amide bonds. The third kappa shape index (κ3) is 3.58. The summed E-state index contributed by atoms with van der Waals surface area (Å²) >= 11 is 0. The van der Waals surface area contributed by atoms with Gasteiger partial charge in [-0.3, -0.25) is 0 Å². The van der Waals surface area contributed by atoms with E-state index in [1.54, 1.807) is 0 Å². The fourth-order valence-corrected chi connectivity index (χ4v) is 2.68. The monoisotopic (exact) mass is 394 g/mol. The Morgan fingerprint density at radius 2 is 1.59 bits per heavy atom. The van der Waals surface area contributed by atoms with Crippen LogP contribution in [-0.4, -0.2) is 30.3 Å². The second-order valence-electron chi connectivity index (χ2n) is 5.88. The maximum Gasteiger partial charge on any atom is 0.408 e. The lowest BCUT2D eigenvalue weighted by molar-refractivity contribution is -0.138. The van der Waals surface area contributed by atoms with Crippen LogP contribution in [-0.2, 0) is 0 Å². The minimum absolute atomic E-state index is 0.0723. The summed E-state index contributed by atoms with van der Waals surface area (Å²) in [5.41, 5.74) is -2.49. The highest BCUT2D eigenvalue weighted by atomic mass is 19.4. The van der Waals surface area contributed by atoms with Gasteiger partial charge in [0.25, 0.3) is 0 Å². The number of fused-ring (bicyclic) bond motifs is 1. The summed E-state index contributed by atoms with van der Waals surface area (Å²) in [6, 6.07) is -1.56. The summed E-state index contributed by atoms with van der Waals surface area (Å²) in [4.78, 5) is 3.54. The summed E-state index contributed by atoms with van der Waals surface area (Å²) in [7, 11) is 0. The molecule has 0 saturated heterocycles. The molecule has 1 atom stereocenters. The topological polar surface area (TPSA) is 49.0 Å². The lowest BCUT2D eigenvalue weighted by atomic mass is 10.0. The first-order chi connectivity index (χ1) is 12.6. The number of anilines is 3. The van der Waals surface area contributed by atoms with Crippen molar-refractivity contribution >= 4 is 17.2 Å². The summed E-state index contributed by atoms with van der Waals surface area (Å²) in [5.74, 6) is -5.72. The largest absolute Gasteiger partial charge is 0.408 e. The van der Waals surface area contributed by atoms with Crippen LogP contribution < -0.4 is 16.0 Å². The van der Waals surface area contributed by atoms with Crippen LogP contribution in [0.25, 0.3) is 11.1 Å². The zero-order valence-corrected chi connectivity index (χ0v) is 13.7. The predicted molar refractivity (Wildman–Crippen MR) is 85.6 cm³/mol. The first kappa shape index (κ1) is 19.1. The van der Waals surface area contributed by atoms with Gasteiger partial charge in [-0.05, 0) is 6.92 Å². The third-order valence-corrected chi connectivity index (χ3v) is 3.98. The fraction of sp³-hybridized carbons (Fsp3) is 0.312. The molecule has 0 aliphatic carbocycles. The Bertz CT molecular complexity index is 859. The Morgan fingerprint density at radius 1 is 1.00 bits per heavy atom. The van der Waals surface area contributed by atoms with Crippen molar-refractivity contribution in [3.63, 3.8) is 0 Å². The second kappa shape index (κ2) is 6.78. The molecule has 1 aliphatic rings. The number of hydrogen-bond acceptors (Lipinski definition) is 4. The van der Waals surface area contributed by atoms with E-state index in [2.05, 4.69) is 20.9 Å². The van der Waals surface area contributed by atoms with Gasteiger partial charge in [-0.2, -0.15) is 22.5 Å². The molecule has 2 heterocycles. The molecule has 1 aromatic carbocycles. The normalized spacial score (nSPS) is 14.8. The highest BCUT2D eigenvalue weighted by Gasteiger charge is 2.38. The van der Waals surface area contributed by atoms with Crippen LogP contribution in [0, 0.1) is 23.4 Å². The SMILES string of the molecule is CC(Nc1c2c(nc(F)c1-c1c(F)cc(F)cc1F)NCCN2)C(F)(F)F. The molecule has 2 aromatic rings. The van der Waals surface area contributed by atoms with E-state index >= 15 is 0 Å². The Balaban J connectivity index is 2.28. The molecular weight excluding hydrogens is 381 g/mol. The number of nitrogens with zero attached hydrogens (tertiary/aromatic N) is 1. The number of rotatable bonds is 3. The quantitative estimate of drug-likeness (QED) is 0.530. The Morgan fingerprint density at radius 3 is 2.19 bits per heavy atom. The van der Waals surface area contributed by atoms with Crippen molar-refractivity contribution in [2.24, 2.45) is 0 Å². The van der Waals surface area contributed by atoms with Crippen molar-refractivity contribution in [3.05, 3.63) is 35.5 Å². The number of hydrogen-bond donors (Lipinski definition) is 3. The Kier molecular flexibility index (Phi) is 4.79. The number of nitrogens with one attached hydrogen (secondary N) is 3. The Hall–Kier alpha value is -2.72. The van der Waals surface area contributed by atoms with E-state index in [1.807, 2.05) is 0 Å². The van der Waals surface area contributed by atoms with Crippen LogP contribution in [0.4, 0.5) is 47.9 Å². The fourth-order valence-electron chi connectivity index (χ4n) is 2.68. The van der Waals surface area contributed by atoms with Gasteiger partial charge in [-0.15, -0.1) is 0 Å². The zero-order chi connectivity index (χ0) is 19.9. The van der Waals surface area contributed by atoms with Gasteiger partial charge in [0.05, 0.1) is 16.8 Å². The van der Waals surface area contributed by atoms with Crippen molar-refractivity contribution in [3.8, 4) is 11.1 Å². The number of halogens is 7. The molecule has 1 unspecified atom stereocenters. The molecule has 0 fully saturated rings.